The molecule has 0 amide bonds. The van der Waals surface area contributed by atoms with Crippen LogP contribution in [0, 0.1) is 35.5 Å². The van der Waals surface area contributed by atoms with Crippen LogP contribution in [0.3, 0.4) is 0 Å². The lowest BCUT2D eigenvalue weighted by atomic mass is 9.90. The molecule has 0 rings (SSSR count). The predicted octanol–water partition coefficient (Wildman–Crippen LogP) is 11.0. The molecule has 0 aromatic heterocycles. The van der Waals surface area contributed by atoms with E-state index in [0.29, 0.717) is 0 Å². The summed E-state index contributed by atoms with van der Waals surface area (Å²) in [6, 6.07) is 0. The Kier molecular flexibility index (Phi) is 20.3. The summed E-state index contributed by atoms with van der Waals surface area (Å²) in [7, 11) is 0. The minimum Gasteiger partial charge on any atom is -0.0910 e. The summed E-state index contributed by atoms with van der Waals surface area (Å²) in [5.74, 6) is 5.95. The Bertz CT molecular complexity index is 310. The second kappa shape index (κ2) is 20.0. The van der Waals surface area contributed by atoms with Crippen molar-refractivity contribution >= 4 is 14.1 Å². The summed E-state index contributed by atoms with van der Waals surface area (Å²) < 4.78 is 0. The molecule has 0 heterocycles. The van der Waals surface area contributed by atoms with Gasteiger partial charge in [0, 0.05) is 0 Å². The lowest BCUT2D eigenvalue weighted by Crippen LogP contribution is -2.26. The van der Waals surface area contributed by atoms with Gasteiger partial charge in [-0.2, -0.15) is 0 Å². The molecule has 0 radical (unpaired) electrons. The van der Waals surface area contributed by atoms with Crippen molar-refractivity contribution in [2.75, 3.05) is 0 Å². The van der Waals surface area contributed by atoms with Crippen molar-refractivity contribution in [2.24, 2.45) is 35.5 Å². The van der Waals surface area contributed by atoms with Gasteiger partial charge in [-0.25, -0.2) is 0 Å². The fourth-order valence-corrected chi connectivity index (χ4v) is 11.3. The highest BCUT2D eigenvalue weighted by molar-refractivity contribution is 6.59. The average molecular weight is 451 g/mol. The zero-order valence-corrected chi connectivity index (χ0v) is 24.8. The van der Waals surface area contributed by atoms with Crippen LogP contribution in [-0.4, -0.2) is 14.1 Å². The van der Waals surface area contributed by atoms with Crippen LogP contribution in [0.4, 0.5) is 0 Å². The van der Waals surface area contributed by atoms with Crippen LogP contribution in [0.25, 0.3) is 0 Å². The Labute approximate surface area is 204 Å². The van der Waals surface area contributed by atoms with Crippen LogP contribution >= 0.6 is 0 Å². The highest BCUT2D eigenvalue weighted by atomic mass is 27.2. The lowest BCUT2D eigenvalue weighted by Gasteiger charge is -2.30. The summed E-state index contributed by atoms with van der Waals surface area (Å²) in [5, 5.41) is 4.93. The summed E-state index contributed by atoms with van der Waals surface area (Å²) in [6.45, 7) is 22.0. The highest BCUT2D eigenvalue weighted by Crippen LogP contribution is 2.35. The fraction of sp³-hybridized carbons (Fsp3) is 1.00. The topological polar surface area (TPSA) is 0 Å². The molecule has 3 unspecified atom stereocenters. The second-order valence-electron chi connectivity index (χ2n) is 11.2. The minimum atomic E-state index is -0.703. The van der Waals surface area contributed by atoms with Crippen molar-refractivity contribution < 1.29 is 0 Å². The van der Waals surface area contributed by atoms with Gasteiger partial charge in [-0.15, -0.1) is 0 Å². The van der Waals surface area contributed by atoms with Crippen LogP contribution in [0.15, 0.2) is 0 Å². The van der Waals surface area contributed by atoms with Crippen molar-refractivity contribution in [1.29, 1.82) is 0 Å². The molecule has 3 atom stereocenters. The van der Waals surface area contributed by atoms with E-state index in [9.17, 15) is 0 Å². The monoisotopic (exact) mass is 450 g/mol. The molecular formula is C30H63Al. The molecule has 0 aliphatic rings. The molecule has 0 aliphatic carbocycles. The Morgan fingerprint density at radius 2 is 0.516 bits per heavy atom. The van der Waals surface area contributed by atoms with E-state index >= 15 is 0 Å². The first kappa shape index (κ1) is 31.5. The molecular weight excluding hydrogens is 387 g/mol. The van der Waals surface area contributed by atoms with E-state index in [1.807, 2.05) is 0 Å². The van der Waals surface area contributed by atoms with E-state index in [0.717, 1.165) is 35.5 Å². The van der Waals surface area contributed by atoms with Gasteiger partial charge in [0.25, 0.3) is 14.1 Å². The number of hydrogen-bond donors (Lipinski definition) is 0. The van der Waals surface area contributed by atoms with Crippen LogP contribution in [0.2, 0.25) is 15.8 Å². The van der Waals surface area contributed by atoms with Gasteiger partial charge in [0.15, 0.2) is 0 Å². The molecule has 1 heteroatoms. The maximum Gasteiger partial charge on any atom is 0.262 e. The molecule has 0 spiro atoms. The van der Waals surface area contributed by atoms with E-state index < -0.39 is 14.1 Å². The summed E-state index contributed by atoms with van der Waals surface area (Å²) in [4.78, 5) is 0. The van der Waals surface area contributed by atoms with E-state index in [-0.39, 0.29) is 0 Å². The quantitative estimate of drug-likeness (QED) is 0.152. The summed E-state index contributed by atoms with van der Waals surface area (Å²) in [5.41, 5.74) is 0. The van der Waals surface area contributed by atoms with E-state index in [2.05, 4.69) is 62.3 Å². The largest absolute Gasteiger partial charge is 0.262 e. The Balaban J connectivity index is 5.35. The van der Waals surface area contributed by atoms with Gasteiger partial charge < -0.3 is 0 Å². The molecule has 0 bridgehead atoms. The van der Waals surface area contributed by atoms with Gasteiger partial charge in [-0.1, -0.05) is 154 Å². The summed E-state index contributed by atoms with van der Waals surface area (Å²) >= 11 is -0.703. The smallest absolute Gasteiger partial charge is 0.0910 e. The van der Waals surface area contributed by atoms with Crippen molar-refractivity contribution in [2.45, 2.75) is 155 Å². The van der Waals surface area contributed by atoms with Gasteiger partial charge >= 0.3 is 0 Å². The van der Waals surface area contributed by atoms with Gasteiger partial charge in [-0.3, -0.25) is 0 Å². The van der Waals surface area contributed by atoms with E-state index in [1.165, 1.54) is 77.0 Å². The first-order valence-electron chi connectivity index (χ1n) is 14.9. The Morgan fingerprint density at radius 1 is 0.323 bits per heavy atom. The van der Waals surface area contributed by atoms with E-state index in [1.54, 1.807) is 15.8 Å². The normalized spacial score (nSPS) is 15.1. The number of rotatable bonds is 21. The SMILES string of the molecule is CCC(CC)CC(CC)[CH2][Al]([CH2]C(CC)CC(CC)CC)[CH2]C(CC)CC(CC)CC. The highest BCUT2D eigenvalue weighted by Gasteiger charge is 2.29. The van der Waals surface area contributed by atoms with Gasteiger partial charge in [0.2, 0.25) is 0 Å². The average Bonchev–Trinajstić information content (AvgIpc) is 2.81. The van der Waals surface area contributed by atoms with Crippen molar-refractivity contribution in [3.05, 3.63) is 0 Å². The molecule has 0 aliphatic heterocycles. The third-order valence-corrected chi connectivity index (χ3v) is 13.2. The molecule has 0 N–H and O–H groups in total. The van der Waals surface area contributed by atoms with E-state index in [4.69, 9.17) is 0 Å². The first-order valence-corrected chi connectivity index (χ1v) is 17.4. The third-order valence-electron chi connectivity index (χ3n) is 9.20. The van der Waals surface area contributed by atoms with Crippen molar-refractivity contribution in [3.63, 3.8) is 0 Å². The molecule has 31 heavy (non-hydrogen) atoms. The second-order valence-corrected chi connectivity index (χ2v) is 14.3. The molecule has 0 aromatic rings. The predicted molar refractivity (Wildman–Crippen MR) is 148 cm³/mol. The Hall–Kier alpha value is 0.532. The molecule has 0 fully saturated rings. The van der Waals surface area contributed by atoms with Crippen LogP contribution < -0.4 is 0 Å². The molecule has 0 aromatic carbocycles. The number of hydrogen-bond acceptors (Lipinski definition) is 0. The van der Waals surface area contributed by atoms with Crippen LogP contribution in [-0.2, 0) is 0 Å². The van der Waals surface area contributed by atoms with Crippen LogP contribution in [0.5, 0.6) is 0 Å². The fourth-order valence-electron chi connectivity index (χ4n) is 6.27. The van der Waals surface area contributed by atoms with Crippen molar-refractivity contribution in [3.8, 4) is 0 Å². The zero-order chi connectivity index (χ0) is 23.6. The standard InChI is InChI=1S/3C10H21.Al/c3*1-5-9(4)8-10(6-2)7-3;/h3*9-10H,4-8H2,1-3H3;. The molecule has 0 saturated heterocycles. The van der Waals surface area contributed by atoms with Crippen molar-refractivity contribution in [1.82, 2.24) is 0 Å². The zero-order valence-electron chi connectivity index (χ0n) is 23.6. The summed E-state index contributed by atoms with van der Waals surface area (Å²) in [6.07, 6.45) is 17.1. The molecule has 0 nitrogen and oxygen atoms in total. The van der Waals surface area contributed by atoms with Gasteiger partial charge in [0.05, 0.1) is 0 Å². The maximum atomic E-state index is 2.49. The lowest BCUT2D eigenvalue weighted by molar-refractivity contribution is 0.345. The Morgan fingerprint density at radius 3 is 0.677 bits per heavy atom. The van der Waals surface area contributed by atoms with Crippen LogP contribution in [0.1, 0.15) is 139 Å². The minimum absolute atomic E-state index is 0.703. The molecule has 186 valence electrons. The maximum absolute atomic E-state index is 2.49. The van der Waals surface area contributed by atoms with Gasteiger partial charge in [0.1, 0.15) is 0 Å². The molecule has 0 saturated carbocycles. The first-order chi connectivity index (χ1) is 14.9. The third kappa shape index (κ3) is 13.7. The van der Waals surface area contributed by atoms with Gasteiger partial charge in [-0.05, 0) is 37.0 Å².